The molecule has 2 aromatic rings. The van der Waals surface area contributed by atoms with Crippen LogP contribution in [0.15, 0.2) is 24.4 Å². The number of alkyl halides is 2. The molecule has 1 aromatic heterocycles. The van der Waals surface area contributed by atoms with E-state index < -0.39 is 24.3 Å². The molecule has 0 radical (unpaired) electrons. The number of halogens is 3. The van der Waals surface area contributed by atoms with Crippen molar-refractivity contribution in [3.8, 4) is 11.5 Å². The third-order valence-corrected chi connectivity index (χ3v) is 3.69. The minimum atomic E-state index is -3.31. The summed E-state index contributed by atoms with van der Waals surface area (Å²) in [5.41, 5.74) is 0.498. The van der Waals surface area contributed by atoms with Gasteiger partial charge in [-0.2, -0.15) is 0 Å². The minimum Gasteiger partial charge on any atom is -0.457 e. The zero-order valence-corrected chi connectivity index (χ0v) is 12.0. The van der Waals surface area contributed by atoms with Crippen molar-refractivity contribution >= 4 is 5.69 Å². The Balaban J connectivity index is 2.04. The molecular formula is C16H11F3N2O2. The second-order valence-electron chi connectivity index (χ2n) is 5.30. The van der Waals surface area contributed by atoms with Crippen LogP contribution in [-0.2, 0) is 6.42 Å². The van der Waals surface area contributed by atoms with E-state index in [-0.39, 0.29) is 34.0 Å². The van der Waals surface area contributed by atoms with Gasteiger partial charge in [0.1, 0.15) is 23.4 Å². The molecule has 1 heterocycles. The second kappa shape index (κ2) is 5.25. The van der Waals surface area contributed by atoms with E-state index in [4.69, 9.17) is 11.3 Å². The van der Waals surface area contributed by atoms with Crippen LogP contribution in [0.1, 0.15) is 22.9 Å². The zero-order valence-electron chi connectivity index (χ0n) is 12.0. The molecule has 0 unspecified atom stereocenters. The summed E-state index contributed by atoms with van der Waals surface area (Å²) in [4.78, 5) is 7.07. The number of hydrogen-bond donors (Lipinski definition) is 1. The van der Waals surface area contributed by atoms with Crippen molar-refractivity contribution in [1.29, 1.82) is 0 Å². The van der Waals surface area contributed by atoms with Crippen molar-refractivity contribution in [2.24, 2.45) is 0 Å². The number of aliphatic hydroxyl groups is 1. The first-order valence-corrected chi connectivity index (χ1v) is 6.72. The smallest absolute Gasteiger partial charge is 0.281 e. The van der Waals surface area contributed by atoms with Gasteiger partial charge in [0.2, 0.25) is 0 Å². The normalized spacial score (nSPS) is 18.3. The van der Waals surface area contributed by atoms with Gasteiger partial charge in [-0.3, -0.25) is 4.98 Å². The van der Waals surface area contributed by atoms with Gasteiger partial charge in [0, 0.05) is 29.3 Å². The van der Waals surface area contributed by atoms with Gasteiger partial charge < -0.3 is 9.84 Å². The molecule has 4 nitrogen and oxygen atoms in total. The Morgan fingerprint density at radius 3 is 2.83 bits per heavy atom. The Kier molecular flexibility index (Phi) is 3.49. The Hall–Kier alpha value is -2.59. The van der Waals surface area contributed by atoms with Gasteiger partial charge in [-0.1, -0.05) is 0 Å². The first kappa shape index (κ1) is 15.3. The average molecular weight is 320 g/mol. The molecule has 1 aliphatic carbocycles. The number of fused-ring (bicyclic) bond motifs is 1. The van der Waals surface area contributed by atoms with Crippen LogP contribution in [0.3, 0.4) is 0 Å². The summed E-state index contributed by atoms with van der Waals surface area (Å²) in [6, 6.07) is 3.38. The predicted octanol–water partition coefficient (Wildman–Crippen LogP) is 4.10. The van der Waals surface area contributed by atoms with Crippen LogP contribution in [0.25, 0.3) is 4.85 Å². The molecule has 1 atom stereocenters. The topological polar surface area (TPSA) is 46.7 Å². The van der Waals surface area contributed by atoms with Crippen molar-refractivity contribution in [3.05, 3.63) is 58.5 Å². The minimum absolute atomic E-state index is 0.00793. The molecular weight excluding hydrogens is 309 g/mol. The number of benzene rings is 1. The van der Waals surface area contributed by atoms with Gasteiger partial charge in [-0.05, 0) is 19.1 Å². The summed E-state index contributed by atoms with van der Waals surface area (Å²) in [6.45, 7) is 8.42. The van der Waals surface area contributed by atoms with Gasteiger partial charge in [-0.25, -0.2) is 18.0 Å². The molecule has 1 aliphatic rings. The fourth-order valence-corrected chi connectivity index (χ4v) is 2.63. The second-order valence-corrected chi connectivity index (χ2v) is 5.30. The fourth-order valence-electron chi connectivity index (χ4n) is 2.63. The highest BCUT2D eigenvalue weighted by atomic mass is 19.3. The van der Waals surface area contributed by atoms with E-state index in [2.05, 4.69) is 9.83 Å². The van der Waals surface area contributed by atoms with E-state index in [0.717, 1.165) is 12.1 Å². The first-order chi connectivity index (χ1) is 10.8. The number of aromatic nitrogens is 1. The highest BCUT2D eigenvalue weighted by Gasteiger charge is 2.49. The molecule has 7 heteroatoms. The van der Waals surface area contributed by atoms with Crippen molar-refractivity contribution in [2.45, 2.75) is 25.4 Å². The molecule has 0 bridgehead atoms. The highest BCUT2D eigenvalue weighted by Crippen LogP contribution is 2.47. The SMILES string of the molecule is [C-]#[N+]c1cc(F)cc(Oc2cnc(C)c3c2CC(F)(F)[C@H]3O)c1. The lowest BCUT2D eigenvalue weighted by atomic mass is 10.1. The number of aliphatic hydroxyl groups excluding tert-OH is 1. The molecule has 1 aromatic carbocycles. The number of hydrogen-bond acceptors (Lipinski definition) is 3. The Labute approximate surface area is 130 Å². The lowest BCUT2D eigenvalue weighted by molar-refractivity contribution is -0.0971. The summed E-state index contributed by atoms with van der Waals surface area (Å²) < 4.78 is 46.5. The highest BCUT2D eigenvalue weighted by molar-refractivity contribution is 5.53. The lowest BCUT2D eigenvalue weighted by Gasteiger charge is -2.14. The monoisotopic (exact) mass is 320 g/mol. The zero-order chi connectivity index (χ0) is 16.8. The van der Waals surface area contributed by atoms with Crippen molar-refractivity contribution in [3.63, 3.8) is 0 Å². The van der Waals surface area contributed by atoms with Crippen molar-refractivity contribution < 1.29 is 23.0 Å². The van der Waals surface area contributed by atoms with Crippen LogP contribution >= 0.6 is 0 Å². The molecule has 23 heavy (non-hydrogen) atoms. The quantitative estimate of drug-likeness (QED) is 0.848. The summed E-state index contributed by atoms with van der Waals surface area (Å²) in [5, 5.41) is 9.76. The van der Waals surface area contributed by atoms with Crippen LogP contribution in [0.4, 0.5) is 18.9 Å². The summed E-state index contributed by atoms with van der Waals surface area (Å²) >= 11 is 0. The first-order valence-electron chi connectivity index (χ1n) is 6.72. The maximum Gasteiger partial charge on any atom is 0.281 e. The van der Waals surface area contributed by atoms with Crippen molar-refractivity contribution in [1.82, 2.24) is 4.98 Å². The Morgan fingerprint density at radius 1 is 1.39 bits per heavy atom. The predicted molar refractivity (Wildman–Crippen MR) is 75.3 cm³/mol. The van der Waals surface area contributed by atoms with Crippen LogP contribution in [0.2, 0.25) is 0 Å². The van der Waals surface area contributed by atoms with E-state index in [1.54, 1.807) is 0 Å². The molecule has 0 spiro atoms. The number of pyridine rings is 1. The van der Waals surface area contributed by atoms with Gasteiger partial charge in [0.25, 0.3) is 5.92 Å². The molecule has 0 amide bonds. The molecule has 3 rings (SSSR count). The molecule has 118 valence electrons. The van der Waals surface area contributed by atoms with Crippen LogP contribution in [0, 0.1) is 19.3 Å². The number of ether oxygens (including phenoxy) is 1. The summed E-state index contributed by atoms with van der Waals surface area (Å²) in [6.07, 6.45) is -1.38. The number of nitrogens with zero attached hydrogens (tertiary/aromatic N) is 2. The van der Waals surface area contributed by atoms with Crippen LogP contribution in [0.5, 0.6) is 11.5 Å². The van der Waals surface area contributed by atoms with Gasteiger partial charge >= 0.3 is 0 Å². The maximum atomic E-state index is 13.8. The molecule has 0 fully saturated rings. The standard InChI is InChI=1S/C16H11F3N2O2/c1-8-14-12(6-16(18,19)15(14)22)13(7-21-8)23-11-4-9(17)3-10(5-11)20-2/h3-5,7,15,22H,6H2,1H3/t15-/m0/s1. The maximum absolute atomic E-state index is 13.8. The third-order valence-electron chi connectivity index (χ3n) is 3.69. The average Bonchev–Trinajstić information content (AvgIpc) is 2.73. The lowest BCUT2D eigenvalue weighted by Crippen LogP contribution is -2.21. The van der Waals surface area contributed by atoms with E-state index in [1.807, 2.05) is 0 Å². The van der Waals surface area contributed by atoms with Crippen LogP contribution in [-0.4, -0.2) is 16.0 Å². The van der Waals surface area contributed by atoms with Gasteiger partial charge in [-0.15, -0.1) is 0 Å². The van der Waals surface area contributed by atoms with Gasteiger partial charge in [0.15, 0.2) is 5.69 Å². The van der Waals surface area contributed by atoms with Crippen LogP contribution < -0.4 is 4.74 Å². The van der Waals surface area contributed by atoms with Gasteiger partial charge in [0.05, 0.1) is 12.8 Å². The van der Waals surface area contributed by atoms with Crippen molar-refractivity contribution in [2.75, 3.05) is 0 Å². The number of aryl methyl sites for hydroxylation is 1. The third kappa shape index (κ3) is 2.62. The largest absolute Gasteiger partial charge is 0.457 e. The number of rotatable bonds is 2. The van der Waals surface area contributed by atoms with E-state index in [1.165, 1.54) is 19.2 Å². The van der Waals surface area contributed by atoms with E-state index in [0.29, 0.717) is 0 Å². The Bertz CT molecular complexity index is 831. The molecule has 0 saturated carbocycles. The summed E-state index contributed by atoms with van der Waals surface area (Å²) in [5.74, 6) is -3.95. The fraction of sp³-hybridized carbons (Fsp3) is 0.250. The van der Waals surface area contributed by atoms with E-state index in [9.17, 15) is 18.3 Å². The Morgan fingerprint density at radius 2 is 2.13 bits per heavy atom. The van der Waals surface area contributed by atoms with E-state index >= 15 is 0 Å². The molecule has 0 aliphatic heterocycles. The molecule has 1 N–H and O–H groups in total. The summed E-state index contributed by atoms with van der Waals surface area (Å²) in [7, 11) is 0. The molecule has 0 saturated heterocycles.